The molecule has 6 heteroatoms. The summed E-state index contributed by atoms with van der Waals surface area (Å²) in [6, 6.07) is 5.78. The molecule has 1 aromatic heterocycles. The molecule has 17 heavy (non-hydrogen) atoms. The van der Waals surface area contributed by atoms with Crippen LogP contribution in [0.2, 0.25) is 0 Å². The summed E-state index contributed by atoms with van der Waals surface area (Å²) in [7, 11) is -0.641. The Bertz CT molecular complexity index is 571. The van der Waals surface area contributed by atoms with Crippen LogP contribution in [0.1, 0.15) is 0 Å². The van der Waals surface area contributed by atoms with E-state index in [4.69, 9.17) is 5.73 Å². The average Bonchev–Trinajstić information content (AvgIpc) is 2.72. The predicted octanol–water partition coefficient (Wildman–Crippen LogP) is 1.45. The largest absolute Gasteiger partial charge is 0.399 e. The summed E-state index contributed by atoms with van der Waals surface area (Å²) in [6.07, 6.45) is 0. The van der Waals surface area contributed by atoms with E-state index in [-0.39, 0.29) is 0 Å². The Kier molecular flexibility index (Phi) is 2.76. The molecule has 1 aliphatic rings. The number of fused-ring (bicyclic) bond motifs is 1. The smallest absolute Gasteiger partial charge is 0.186 e. The molecular formula is C11H13N3OS2. The second-order valence-corrected chi connectivity index (χ2v) is 6.76. The highest BCUT2D eigenvalue weighted by molar-refractivity contribution is 7.85. The van der Waals surface area contributed by atoms with E-state index in [1.165, 1.54) is 0 Å². The van der Waals surface area contributed by atoms with Crippen molar-refractivity contribution in [3.05, 3.63) is 18.2 Å². The molecule has 0 bridgehead atoms. The number of nitrogens with zero attached hydrogens (tertiary/aromatic N) is 2. The molecule has 2 N–H and O–H groups in total. The van der Waals surface area contributed by atoms with Gasteiger partial charge in [0.2, 0.25) is 0 Å². The molecule has 4 nitrogen and oxygen atoms in total. The SMILES string of the molecule is Nc1ccc2nc(N3CCS(=O)CC3)sc2c1. The van der Waals surface area contributed by atoms with Gasteiger partial charge in [-0.25, -0.2) is 4.98 Å². The highest BCUT2D eigenvalue weighted by Crippen LogP contribution is 2.30. The van der Waals surface area contributed by atoms with Crippen LogP contribution < -0.4 is 10.6 Å². The van der Waals surface area contributed by atoms with Crippen LogP contribution in [-0.4, -0.2) is 33.8 Å². The zero-order chi connectivity index (χ0) is 11.8. The third kappa shape index (κ3) is 2.14. The van der Waals surface area contributed by atoms with Crippen molar-refractivity contribution in [2.75, 3.05) is 35.2 Å². The van der Waals surface area contributed by atoms with Crippen molar-refractivity contribution in [3.63, 3.8) is 0 Å². The molecule has 0 radical (unpaired) electrons. The molecule has 0 spiro atoms. The van der Waals surface area contributed by atoms with Gasteiger partial charge < -0.3 is 10.6 Å². The van der Waals surface area contributed by atoms with Gasteiger partial charge in [0.15, 0.2) is 5.13 Å². The summed E-state index contributed by atoms with van der Waals surface area (Å²) in [5, 5.41) is 1.02. The Hall–Kier alpha value is -1.14. The summed E-state index contributed by atoms with van der Waals surface area (Å²) in [5.41, 5.74) is 7.52. The first-order chi connectivity index (χ1) is 8.22. The molecule has 1 fully saturated rings. The van der Waals surface area contributed by atoms with E-state index in [2.05, 4.69) is 9.88 Å². The number of hydrogen-bond acceptors (Lipinski definition) is 5. The second-order valence-electron chi connectivity index (χ2n) is 4.06. The van der Waals surface area contributed by atoms with Crippen LogP contribution >= 0.6 is 11.3 Å². The minimum atomic E-state index is -0.641. The van der Waals surface area contributed by atoms with Gasteiger partial charge in [-0.1, -0.05) is 11.3 Å². The van der Waals surface area contributed by atoms with Crippen LogP contribution in [0, 0.1) is 0 Å². The molecule has 2 aromatic rings. The van der Waals surface area contributed by atoms with E-state index in [9.17, 15) is 4.21 Å². The molecule has 90 valence electrons. The molecule has 0 unspecified atom stereocenters. The zero-order valence-corrected chi connectivity index (χ0v) is 10.9. The third-order valence-corrected chi connectivity index (χ3v) is 5.20. The summed E-state index contributed by atoms with van der Waals surface area (Å²) in [6.45, 7) is 1.67. The first kappa shape index (κ1) is 11.0. The monoisotopic (exact) mass is 267 g/mol. The molecule has 0 amide bonds. The maximum atomic E-state index is 11.3. The van der Waals surface area contributed by atoms with Crippen LogP contribution in [0.5, 0.6) is 0 Å². The van der Waals surface area contributed by atoms with E-state index in [1.807, 2.05) is 18.2 Å². The maximum absolute atomic E-state index is 11.3. The number of benzene rings is 1. The highest BCUT2D eigenvalue weighted by Gasteiger charge is 2.18. The summed E-state index contributed by atoms with van der Waals surface area (Å²) in [4.78, 5) is 6.80. The van der Waals surface area contributed by atoms with E-state index < -0.39 is 10.8 Å². The lowest BCUT2D eigenvalue weighted by atomic mass is 10.3. The van der Waals surface area contributed by atoms with Crippen molar-refractivity contribution < 1.29 is 4.21 Å². The minimum absolute atomic E-state index is 0.641. The van der Waals surface area contributed by atoms with Crippen LogP contribution in [0.4, 0.5) is 10.8 Å². The molecule has 0 atom stereocenters. The van der Waals surface area contributed by atoms with E-state index in [0.29, 0.717) is 0 Å². The Labute approximate surface area is 106 Å². The van der Waals surface area contributed by atoms with Gasteiger partial charge in [-0.15, -0.1) is 0 Å². The van der Waals surface area contributed by atoms with Crippen LogP contribution in [0.15, 0.2) is 18.2 Å². The third-order valence-electron chi connectivity index (χ3n) is 2.85. The fourth-order valence-corrected chi connectivity index (χ4v) is 4.01. The van der Waals surface area contributed by atoms with Crippen molar-refractivity contribution in [1.29, 1.82) is 0 Å². The molecule has 1 aromatic carbocycles. The Balaban J connectivity index is 1.92. The molecule has 1 aliphatic heterocycles. The van der Waals surface area contributed by atoms with Gasteiger partial charge in [-0.05, 0) is 18.2 Å². The van der Waals surface area contributed by atoms with Gasteiger partial charge in [-0.2, -0.15) is 0 Å². The van der Waals surface area contributed by atoms with E-state index in [1.54, 1.807) is 11.3 Å². The zero-order valence-electron chi connectivity index (χ0n) is 9.26. The number of nitrogen functional groups attached to an aromatic ring is 1. The maximum Gasteiger partial charge on any atom is 0.186 e. The van der Waals surface area contributed by atoms with Crippen molar-refractivity contribution >= 4 is 43.2 Å². The lowest BCUT2D eigenvalue weighted by Gasteiger charge is -2.25. The fraction of sp³-hybridized carbons (Fsp3) is 0.364. The average molecular weight is 267 g/mol. The molecular weight excluding hydrogens is 254 g/mol. The van der Waals surface area contributed by atoms with Gasteiger partial charge >= 0.3 is 0 Å². The Morgan fingerprint density at radius 3 is 2.88 bits per heavy atom. The predicted molar refractivity (Wildman–Crippen MR) is 74.1 cm³/mol. The van der Waals surface area contributed by atoms with Crippen LogP contribution in [-0.2, 0) is 10.8 Å². The number of anilines is 2. The second kappa shape index (κ2) is 4.27. The molecule has 0 aliphatic carbocycles. The van der Waals surface area contributed by atoms with Gasteiger partial charge in [0.1, 0.15) is 0 Å². The molecule has 3 rings (SSSR count). The normalized spacial score (nSPS) is 17.8. The quantitative estimate of drug-likeness (QED) is 0.794. The van der Waals surface area contributed by atoms with E-state index >= 15 is 0 Å². The minimum Gasteiger partial charge on any atom is -0.399 e. The Morgan fingerprint density at radius 2 is 2.12 bits per heavy atom. The number of thiazole rings is 1. The molecule has 1 saturated heterocycles. The Morgan fingerprint density at radius 1 is 1.35 bits per heavy atom. The van der Waals surface area contributed by atoms with Gasteiger partial charge in [0.05, 0.1) is 10.2 Å². The van der Waals surface area contributed by atoms with Gasteiger partial charge in [0.25, 0.3) is 0 Å². The molecule has 2 heterocycles. The highest BCUT2D eigenvalue weighted by atomic mass is 32.2. The first-order valence-corrected chi connectivity index (χ1v) is 7.79. The fourth-order valence-electron chi connectivity index (χ4n) is 1.89. The summed E-state index contributed by atoms with van der Waals surface area (Å²) in [5.74, 6) is 1.50. The van der Waals surface area contributed by atoms with Crippen LogP contribution in [0.3, 0.4) is 0 Å². The van der Waals surface area contributed by atoms with Gasteiger partial charge in [0, 0.05) is 41.1 Å². The number of nitrogens with two attached hydrogens (primary N) is 1. The van der Waals surface area contributed by atoms with Crippen molar-refractivity contribution in [2.45, 2.75) is 0 Å². The van der Waals surface area contributed by atoms with Crippen LogP contribution in [0.25, 0.3) is 10.2 Å². The topological polar surface area (TPSA) is 59.2 Å². The lowest BCUT2D eigenvalue weighted by Crippen LogP contribution is -2.37. The van der Waals surface area contributed by atoms with E-state index in [0.717, 1.165) is 45.6 Å². The number of hydrogen-bond donors (Lipinski definition) is 1. The summed E-state index contributed by atoms with van der Waals surface area (Å²) < 4.78 is 12.4. The van der Waals surface area contributed by atoms with Crippen molar-refractivity contribution in [1.82, 2.24) is 4.98 Å². The van der Waals surface area contributed by atoms with Crippen molar-refractivity contribution in [2.24, 2.45) is 0 Å². The van der Waals surface area contributed by atoms with Crippen molar-refractivity contribution in [3.8, 4) is 0 Å². The van der Waals surface area contributed by atoms with Gasteiger partial charge in [-0.3, -0.25) is 4.21 Å². The summed E-state index contributed by atoms with van der Waals surface area (Å²) >= 11 is 1.66. The number of rotatable bonds is 1. The standard InChI is InChI=1S/C11H13N3OS2/c12-8-1-2-9-10(7-8)16-11(13-9)14-3-5-17(15)6-4-14/h1-2,7H,3-6,12H2. The molecule has 0 saturated carbocycles. The first-order valence-electron chi connectivity index (χ1n) is 5.48. The number of aromatic nitrogens is 1. The lowest BCUT2D eigenvalue weighted by molar-refractivity contribution is 0.673.